The van der Waals surface area contributed by atoms with Crippen LogP contribution < -0.4 is 5.56 Å². The molecule has 4 aromatic rings. The SMILES string of the molecule is Cc1nc2ncn(-c3ccccc3)c2c(=O)n1-c1ccccc1. The zero-order valence-electron chi connectivity index (χ0n) is 12.5. The number of para-hydroxylation sites is 2. The number of benzene rings is 2. The summed E-state index contributed by atoms with van der Waals surface area (Å²) in [5.74, 6) is 0.618. The van der Waals surface area contributed by atoms with Crippen LogP contribution in [0.4, 0.5) is 0 Å². The topological polar surface area (TPSA) is 52.7 Å². The van der Waals surface area contributed by atoms with Crippen LogP contribution in [0.5, 0.6) is 0 Å². The molecule has 5 nitrogen and oxygen atoms in total. The van der Waals surface area contributed by atoms with Crippen LogP contribution in [0.2, 0.25) is 0 Å². The van der Waals surface area contributed by atoms with Gasteiger partial charge in [0.1, 0.15) is 12.2 Å². The van der Waals surface area contributed by atoms with Crippen LogP contribution in [0.1, 0.15) is 5.82 Å². The fraction of sp³-hybridized carbons (Fsp3) is 0.0556. The fourth-order valence-corrected chi connectivity index (χ4v) is 2.74. The maximum atomic E-state index is 13.1. The van der Waals surface area contributed by atoms with Crippen molar-refractivity contribution in [3.8, 4) is 11.4 Å². The molecule has 0 aliphatic heterocycles. The Morgan fingerprint density at radius 1 is 0.870 bits per heavy atom. The molecule has 112 valence electrons. The van der Waals surface area contributed by atoms with Gasteiger partial charge < -0.3 is 0 Å². The van der Waals surface area contributed by atoms with Crippen molar-refractivity contribution in [3.05, 3.63) is 83.2 Å². The van der Waals surface area contributed by atoms with Gasteiger partial charge in [0.25, 0.3) is 5.56 Å². The van der Waals surface area contributed by atoms with E-state index in [1.165, 1.54) is 0 Å². The molecule has 2 aromatic heterocycles. The Morgan fingerprint density at radius 2 is 1.48 bits per heavy atom. The molecule has 4 rings (SSSR count). The summed E-state index contributed by atoms with van der Waals surface area (Å²) < 4.78 is 3.40. The summed E-state index contributed by atoms with van der Waals surface area (Å²) in [6, 6.07) is 19.2. The second kappa shape index (κ2) is 5.21. The van der Waals surface area contributed by atoms with E-state index < -0.39 is 0 Å². The van der Waals surface area contributed by atoms with Crippen LogP contribution >= 0.6 is 0 Å². The lowest BCUT2D eigenvalue weighted by molar-refractivity contribution is 0.885. The number of hydrogen-bond acceptors (Lipinski definition) is 3. The average molecular weight is 302 g/mol. The van der Waals surface area contributed by atoms with Crippen molar-refractivity contribution in [2.45, 2.75) is 6.92 Å². The minimum absolute atomic E-state index is 0.125. The van der Waals surface area contributed by atoms with Gasteiger partial charge in [-0.1, -0.05) is 36.4 Å². The van der Waals surface area contributed by atoms with E-state index in [4.69, 9.17) is 0 Å². The quantitative estimate of drug-likeness (QED) is 0.572. The molecule has 0 amide bonds. The summed E-state index contributed by atoms with van der Waals surface area (Å²) in [5, 5.41) is 0. The van der Waals surface area contributed by atoms with Gasteiger partial charge in [0, 0.05) is 5.69 Å². The molecule has 0 aliphatic carbocycles. The third-order valence-electron chi connectivity index (χ3n) is 3.79. The standard InChI is InChI=1S/C18H14N4O/c1-13-20-17-16(18(23)22(13)15-10-6-3-7-11-15)21(12-19-17)14-8-4-2-5-9-14/h2-12H,1H3. The Kier molecular flexibility index (Phi) is 3.05. The number of imidazole rings is 1. The first-order valence-electron chi connectivity index (χ1n) is 7.33. The number of rotatable bonds is 2. The number of fused-ring (bicyclic) bond motifs is 1. The van der Waals surface area contributed by atoms with E-state index in [9.17, 15) is 4.79 Å². The van der Waals surface area contributed by atoms with Crippen molar-refractivity contribution in [2.24, 2.45) is 0 Å². The average Bonchev–Trinajstić information content (AvgIpc) is 3.00. The summed E-state index contributed by atoms with van der Waals surface area (Å²) in [5.41, 5.74) is 2.50. The van der Waals surface area contributed by atoms with Gasteiger partial charge in [0.15, 0.2) is 11.2 Å². The highest BCUT2D eigenvalue weighted by Crippen LogP contribution is 2.15. The van der Waals surface area contributed by atoms with E-state index in [0.29, 0.717) is 17.0 Å². The molecule has 0 aliphatic rings. The molecule has 23 heavy (non-hydrogen) atoms. The lowest BCUT2D eigenvalue weighted by Crippen LogP contribution is -2.23. The zero-order chi connectivity index (χ0) is 15.8. The molecular weight excluding hydrogens is 288 g/mol. The fourth-order valence-electron chi connectivity index (χ4n) is 2.74. The van der Waals surface area contributed by atoms with Crippen molar-refractivity contribution in [1.82, 2.24) is 19.1 Å². The molecule has 2 aromatic carbocycles. The van der Waals surface area contributed by atoms with E-state index >= 15 is 0 Å². The highest BCUT2D eigenvalue weighted by Gasteiger charge is 2.15. The van der Waals surface area contributed by atoms with Gasteiger partial charge in [0.2, 0.25) is 0 Å². The number of aryl methyl sites for hydroxylation is 1. The highest BCUT2D eigenvalue weighted by molar-refractivity contribution is 5.73. The first-order valence-corrected chi connectivity index (χ1v) is 7.33. The summed E-state index contributed by atoms with van der Waals surface area (Å²) in [7, 11) is 0. The third kappa shape index (κ3) is 2.14. The van der Waals surface area contributed by atoms with E-state index in [1.54, 1.807) is 15.5 Å². The zero-order valence-corrected chi connectivity index (χ0v) is 12.5. The molecule has 0 bridgehead atoms. The smallest absolute Gasteiger partial charge is 0.284 e. The van der Waals surface area contributed by atoms with Gasteiger partial charge >= 0.3 is 0 Å². The second-order valence-corrected chi connectivity index (χ2v) is 5.26. The predicted molar refractivity (Wildman–Crippen MR) is 89.2 cm³/mol. The maximum Gasteiger partial charge on any atom is 0.284 e. The predicted octanol–water partition coefficient (Wildman–Crippen LogP) is 2.88. The second-order valence-electron chi connectivity index (χ2n) is 5.26. The monoisotopic (exact) mass is 302 g/mol. The van der Waals surface area contributed by atoms with Gasteiger partial charge in [-0.15, -0.1) is 0 Å². The Bertz CT molecular complexity index is 1030. The third-order valence-corrected chi connectivity index (χ3v) is 3.79. The Hall–Kier alpha value is -3.21. The van der Waals surface area contributed by atoms with Crippen molar-refractivity contribution >= 4 is 11.2 Å². The normalized spacial score (nSPS) is 11.0. The summed E-state index contributed by atoms with van der Waals surface area (Å²) in [4.78, 5) is 21.8. The maximum absolute atomic E-state index is 13.1. The van der Waals surface area contributed by atoms with Gasteiger partial charge in [-0.3, -0.25) is 13.9 Å². The lowest BCUT2D eigenvalue weighted by Gasteiger charge is -2.10. The van der Waals surface area contributed by atoms with E-state index in [1.807, 2.05) is 67.6 Å². The molecule has 0 saturated carbocycles. The van der Waals surface area contributed by atoms with Crippen LogP contribution in [-0.2, 0) is 0 Å². The number of nitrogens with zero attached hydrogens (tertiary/aromatic N) is 4. The molecular formula is C18H14N4O. The van der Waals surface area contributed by atoms with Crippen LogP contribution in [0.15, 0.2) is 71.8 Å². The van der Waals surface area contributed by atoms with Crippen LogP contribution in [-0.4, -0.2) is 19.1 Å². The minimum atomic E-state index is -0.125. The number of hydrogen-bond donors (Lipinski definition) is 0. The van der Waals surface area contributed by atoms with E-state index in [2.05, 4.69) is 9.97 Å². The summed E-state index contributed by atoms with van der Waals surface area (Å²) in [6.45, 7) is 1.81. The first kappa shape index (κ1) is 13.5. The molecule has 2 heterocycles. The lowest BCUT2D eigenvalue weighted by atomic mass is 10.3. The minimum Gasteiger partial charge on any atom is -0.293 e. The van der Waals surface area contributed by atoms with Crippen molar-refractivity contribution < 1.29 is 0 Å². The van der Waals surface area contributed by atoms with E-state index in [-0.39, 0.29) is 5.56 Å². The van der Waals surface area contributed by atoms with Crippen LogP contribution in [0.25, 0.3) is 22.5 Å². The number of aromatic nitrogens is 4. The molecule has 0 N–H and O–H groups in total. The molecule has 5 heteroatoms. The van der Waals surface area contributed by atoms with E-state index in [0.717, 1.165) is 11.4 Å². The highest BCUT2D eigenvalue weighted by atomic mass is 16.1. The van der Waals surface area contributed by atoms with Crippen LogP contribution in [0.3, 0.4) is 0 Å². The molecule has 0 saturated heterocycles. The van der Waals surface area contributed by atoms with Crippen molar-refractivity contribution in [2.75, 3.05) is 0 Å². The van der Waals surface area contributed by atoms with Gasteiger partial charge in [-0.2, -0.15) is 0 Å². The summed E-state index contributed by atoms with van der Waals surface area (Å²) >= 11 is 0. The molecule has 0 fully saturated rings. The van der Waals surface area contributed by atoms with Crippen molar-refractivity contribution in [3.63, 3.8) is 0 Å². The van der Waals surface area contributed by atoms with Crippen LogP contribution in [0, 0.1) is 6.92 Å². The first-order chi connectivity index (χ1) is 11.3. The molecule has 0 atom stereocenters. The van der Waals surface area contributed by atoms with Gasteiger partial charge in [-0.05, 0) is 31.2 Å². The Labute approximate surface area is 132 Å². The Balaban J connectivity index is 2.06. The van der Waals surface area contributed by atoms with Gasteiger partial charge in [0.05, 0.1) is 5.69 Å². The Morgan fingerprint density at radius 3 is 2.13 bits per heavy atom. The van der Waals surface area contributed by atoms with Crippen molar-refractivity contribution in [1.29, 1.82) is 0 Å². The largest absolute Gasteiger partial charge is 0.293 e. The van der Waals surface area contributed by atoms with Gasteiger partial charge in [-0.25, -0.2) is 9.97 Å². The summed E-state index contributed by atoms with van der Waals surface area (Å²) in [6.07, 6.45) is 1.64. The molecule has 0 radical (unpaired) electrons. The molecule has 0 spiro atoms. The molecule has 0 unspecified atom stereocenters.